The fourth-order valence-electron chi connectivity index (χ4n) is 1.73. The van der Waals surface area contributed by atoms with Crippen LogP contribution < -0.4 is 4.85 Å². The molecule has 1 N–H and O–H groups in total. The third-order valence-electron chi connectivity index (χ3n) is 2.53. The van der Waals surface area contributed by atoms with E-state index in [4.69, 9.17) is 5.11 Å². The van der Waals surface area contributed by atoms with E-state index in [0.717, 1.165) is 4.47 Å². The summed E-state index contributed by atoms with van der Waals surface area (Å²) in [5.74, 6) is -1.17. The van der Waals surface area contributed by atoms with Crippen molar-refractivity contribution in [2.75, 3.05) is 0 Å². The molecule has 7 nitrogen and oxygen atoms in total. The van der Waals surface area contributed by atoms with Gasteiger partial charge in [0.25, 0.3) is 5.52 Å². The van der Waals surface area contributed by atoms with Crippen molar-refractivity contribution in [3.8, 4) is 0 Å². The molecule has 3 rings (SSSR count). The number of hydrogen-bond acceptors (Lipinski definition) is 4. The van der Waals surface area contributed by atoms with E-state index in [1.165, 1.54) is 10.7 Å². The summed E-state index contributed by atoms with van der Waals surface area (Å²) in [7, 11) is 0. The van der Waals surface area contributed by atoms with Gasteiger partial charge in [-0.05, 0) is 17.0 Å². The van der Waals surface area contributed by atoms with Crippen LogP contribution in [0.2, 0.25) is 0 Å². The van der Waals surface area contributed by atoms with Crippen LogP contribution in [-0.2, 0) is 0 Å². The SMILES string of the molecule is O=C(O)c1cnn2c1n[n+]([O-])c1ccc(Br)cc12. The van der Waals surface area contributed by atoms with Crippen molar-refractivity contribution in [3.05, 3.63) is 39.6 Å². The summed E-state index contributed by atoms with van der Waals surface area (Å²) < 4.78 is 2.09. The van der Waals surface area contributed by atoms with E-state index in [9.17, 15) is 10.0 Å². The van der Waals surface area contributed by atoms with Crippen LogP contribution >= 0.6 is 15.9 Å². The molecule has 2 heterocycles. The number of carbonyl (C=O) groups is 1. The maximum absolute atomic E-state index is 11.7. The Morgan fingerprint density at radius 3 is 3.00 bits per heavy atom. The average Bonchev–Trinajstić information content (AvgIpc) is 2.72. The van der Waals surface area contributed by atoms with Gasteiger partial charge in [0.1, 0.15) is 11.1 Å². The molecule has 0 spiro atoms. The summed E-state index contributed by atoms with van der Waals surface area (Å²) in [6.45, 7) is 0. The van der Waals surface area contributed by atoms with Crippen LogP contribution in [0.4, 0.5) is 0 Å². The molecule has 90 valence electrons. The molecule has 0 fully saturated rings. The fraction of sp³-hybridized carbons (Fsp3) is 0. The molecule has 0 aliphatic rings. The summed E-state index contributed by atoms with van der Waals surface area (Å²) in [5, 5.41) is 28.3. The van der Waals surface area contributed by atoms with E-state index < -0.39 is 5.97 Å². The second-order valence-electron chi connectivity index (χ2n) is 3.60. The second kappa shape index (κ2) is 3.64. The molecule has 0 saturated heterocycles. The van der Waals surface area contributed by atoms with E-state index in [1.54, 1.807) is 18.2 Å². The largest absolute Gasteiger partial charge is 0.594 e. The van der Waals surface area contributed by atoms with Crippen molar-refractivity contribution >= 4 is 38.6 Å². The van der Waals surface area contributed by atoms with E-state index in [0.29, 0.717) is 15.9 Å². The molecule has 2 aromatic heterocycles. The fourth-order valence-corrected chi connectivity index (χ4v) is 2.08. The Morgan fingerprint density at radius 1 is 1.50 bits per heavy atom. The maximum Gasteiger partial charge on any atom is 0.341 e. The number of halogens is 1. The Morgan fingerprint density at radius 2 is 2.28 bits per heavy atom. The number of carboxylic acids is 1. The Bertz CT molecular complexity index is 799. The minimum atomic E-state index is -1.17. The quantitative estimate of drug-likeness (QED) is 0.534. The lowest BCUT2D eigenvalue weighted by Crippen LogP contribution is -2.33. The molecular weight excluding hydrogens is 304 g/mol. The minimum Gasteiger partial charge on any atom is -0.594 e. The zero-order valence-corrected chi connectivity index (χ0v) is 10.3. The Hall–Kier alpha value is -2.22. The first kappa shape index (κ1) is 10.9. The number of carboxylic acid groups (broad SMARTS) is 1. The molecule has 3 aromatic rings. The Balaban J connectivity index is 2.54. The van der Waals surface area contributed by atoms with Crippen LogP contribution in [0.15, 0.2) is 28.9 Å². The van der Waals surface area contributed by atoms with Gasteiger partial charge in [0.05, 0.1) is 6.20 Å². The number of benzene rings is 1. The van der Waals surface area contributed by atoms with Gasteiger partial charge in [-0.25, -0.2) is 9.31 Å². The predicted molar refractivity (Wildman–Crippen MR) is 64.1 cm³/mol. The van der Waals surface area contributed by atoms with Crippen LogP contribution in [-0.4, -0.2) is 25.8 Å². The van der Waals surface area contributed by atoms with Gasteiger partial charge in [0, 0.05) is 15.6 Å². The molecule has 18 heavy (non-hydrogen) atoms. The minimum absolute atomic E-state index is 0.0168. The second-order valence-corrected chi connectivity index (χ2v) is 4.52. The highest BCUT2D eigenvalue weighted by Gasteiger charge is 2.19. The van der Waals surface area contributed by atoms with Gasteiger partial charge in [0.15, 0.2) is 0 Å². The van der Waals surface area contributed by atoms with Crippen LogP contribution in [0.25, 0.3) is 16.7 Å². The van der Waals surface area contributed by atoms with Crippen LogP contribution in [0.3, 0.4) is 0 Å². The molecule has 0 radical (unpaired) electrons. The third-order valence-corrected chi connectivity index (χ3v) is 3.02. The van der Waals surface area contributed by atoms with Crippen molar-refractivity contribution in [1.29, 1.82) is 0 Å². The summed E-state index contributed by atoms with van der Waals surface area (Å²) in [4.78, 5) is 11.4. The highest BCUT2D eigenvalue weighted by molar-refractivity contribution is 9.10. The maximum atomic E-state index is 11.7. The van der Waals surface area contributed by atoms with Crippen LogP contribution in [0.1, 0.15) is 10.4 Å². The van der Waals surface area contributed by atoms with Crippen molar-refractivity contribution in [2.24, 2.45) is 0 Å². The van der Waals surface area contributed by atoms with Crippen molar-refractivity contribution < 1.29 is 14.7 Å². The van der Waals surface area contributed by atoms with Gasteiger partial charge < -0.3 is 10.3 Å². The third kappa shape index (κ3) is 1.42. The first-order valence-electron chi connectivity index (χ1n) is 4.88. The molecule has 0 unspecified atom stereocenters. The highest BCUT2D eigenvalue weighted by atomic mass is 79.9. The van der Waals surface area contributed by atoms with E-state index in [-0.39, 0.29) is 11.2 Å². The first-order valence-corrected chi connectivity index (χ1v) is 5.67. The normalized spacial score (nSPS) is 11.2. The number of aromatic nitrogens is 4. The lowest BCUT2D eigenvalue weighted by molar-refractivity contribution is -0.640. The van der Waals surface area contributed by atoms with E-state index in [1.807, 2.05) is 0 Å². The predicted octanol–water partition coefficient (Wildman–Crippen LogP) is 0.977. The molecule has 0 saturated carbocycles. The summed E-state index contributed by atoms with van der Waals surface area (Å²) in [6.07, 6.45) is 1.17. The first-order chi connectivity index (χ1) is 8.58. The number of rotatable bonds is 1. The highest BCUT2D eigenvalue weighted by Crippen LogP contribution is 2.18. The number of aromatic carboxylic acids is 1. The molecule has 8 heteroatoms. The van der Waals surface area contributed by atoms with Crippen molar-refractivity contribution in [2.45, 2.75) is 0 Å². The molecule has 0 bridgehead atoms. The summed E-state index contributed by atoms with van der Waals surface area (Å²) in [5.41, 5.74) is 0.701. The van der Waals surface area contributed by atoms with Gasteiger partial charge in [-0.1, -0.05) is 15.9 Å². The van der Waals surface area contributed by atoms with E-state index in [2.05, 4.69) is 26.1 Å². The Labute approximate surface area is 108 Å². The zero-order chi connectivity index (χ0) is 12.9. The molecule has 0 atom stereocenters. The number of hydrogen-bond donors (Lipinski definition) is 1. The Kier molecular flexibility index (Phi) is 2.20. The average molecular weight is 309 g/mol. The van der Waals surface area contributed by atoms with Crippen molar-refractivity contribution in [1.82, 2.24) is 14.7 Å². The molecule has 1 aromatic carbocycles. The smallest absolute Gasteiger partial charge is 0.341 e. The summed E-state index contributed by atoms with van der Waals surface area (Å²) >= 11 is 3.29. The van der Waals surface area contributed by atoms with Gasteiger partial charge >= 0.3 is 5.97 Å². The molecular formula is C10H5BrN4O3. The monoisotopic (exact) mass is 308 g/mol. The topological polar surface area (TPSA) is 94.4 Å². The molecule has 0 amide bonds. The van der Waals surface area contributed by atoms with Crippen LogP contribution in [0.5, 0.6) is 0 Å². The lowest BCUT2D eigenvalue weighted by atomic mass is 10.3. The van der Waals surface area contributed by atoms with E-state index >= 15 is 0 Å². The van der Waals surface area contributed by atoms with Gasteiger partial charge in [0.2, 0.25) is 5.65 Å². The van der Waals surface area contributed by atoms with Crippen LogP contribution in [0, 0.1) is 5.21 Å². The molecule has 0 aliphatic heterocycles. The lowest BCUT2D eigenvalue weighted by Gasteiger charge is -2.02. The van der Waals surface area contributed by atoms with Gasteiger partial charge in [-0.2, -0.15) is 5.10 Å². The summed E-state index contributed by atoms with van der Waals surface area (Å²) in [6, 6.07) is 4.96. The number of fused-ring (bicyclic) bond motifs is 3. The number of nitrogens with zero attached hydrogens (tertiary/aromatic N) is 4. The van der Waals surface area contributed by atoms with Crippen molar-refractivity contribution in [3.63, 3.8) is 0 Å². The zero-order valence-electron chi connectivity index (χ0n) is 8.74. The van der Waals surface area contributed by atoms with Gasteiger partial charge in [-0.15, -0.1) is 0 Å². The molecule has 0 aliphatic carbocycles. The van der Waals surface area contributed by atoms with Gasteiger partial charge in [-0.3, -0.25) is 0 Å². The standard InChI is InChI=1S/C10H5BrN4O3/c11-5-1-2-7-8(3-5)14-9(13-15(7)18)6(4-12-14)10(16)17/h1-4H,(H,16,17).